The number of nitrogens with two attached hydrogens (primary N) is 1. The highest BCUT2D eigenvalue weighted by Crippen LogP contribution is 2.43. The molecule has 1 saturated carbocycles. The topological polar surface area (TPSA) is 73.6 Å². The highest BCUT2D eigenvalue weighted by Gasteiger charge is 2.24. The Morgan fingerprint density at radius 1 is 1.40 bits per heavy atom. The second-order valence-electron chi connectivity index (χ2n) is 4.91. The van der Waals surface area contributed by atoms with Crippen LogP contribution in [0.3, 0.4) is 0 Å². The predicted molar refractivity (Wildman–Crippen MR) is 81.7 cm³/mol. The summed E-state index contributed by atoms with van der Waals surface area (Å²) in [4.78, 5) is 12.3. The number of nitrogens with one attached hydrogen (secondary N) is 1. The van der Waals surface area contributed by atoms with Crippen LogP contribution in [0.15, 0.2) is 0 Å². The van der Waals surface area contributed by atoms with Crippen molar-refractivity contribution in [3.8, 4) is 5.75 Å². The van der Waals surface area contributed by atoms with E-state index in [0.29, 0.717) is 29.0 Å². The maximum Gasteiger partial charge on any atom is 0.350 e. The van der Waals surface area contributed by atoms with Crippen molar-refractivity contribution < 1.29 is 14.3 Å². The number of thiophene rings is 1. The number of nitrogen functional groups attached to an aromatic ring is 1. The molecule has 0 bridgehead atoms. The van der Waals surface area contributed by atoms with Gasteiger partial charge in [-0.05, 0) is 19.8 Å². The molecule has 112 valence electrons. The van der Waals surface area contributed by atoms with Crippen molar-refractivity contribution in [2.75, 3.05) is 24.8 Å². The standard InChI is InChI=1S/C14H22N2O3S/c1-3-19-14(17)12-10(15)11(18-2)13(20-12)16-9-7-5-4-6-8-9/h9,16H,3-8,15H2,1-2H3. The Labute approximate surface area is 123 Å². The van der Waals surface area contributed by atoms with Crippen molar-refractivity contribution in [3.63, 3.8) is 0 Å². The van der Waals surface area contributed by atoms with Gasteiger partial charge in [0.15, 0.2) is 5.75 Å². The Bertz CT molecular complexity index is 467. The summed E-state index contributed by atoms with van der Waals surface area (Å²) in [5.74, 6) is 0.175. The van der Waals surface area contributed by atoms with E-state index in [1.165, 1.54) is 30.6 Å². The zero-order chi connectivity index (χ0) is 14.5. The molecule has 0 aromatic carbocycles. The number of ether oxygens (including phenoxy) is 2. The lowest BCUT2D eigenvalue weighted by Gasteiger charge is -2.23. The molecule has 0 saturated heterocycles. The van der Waals surface area contributed by atoms with E-state index < -0.39 is 0 Å². The van der Waals surface area contributed by atoms with Crippen LogP contribution in [0.5, 0.6) is 5.75 Å². The molecule has 20 heavy (non-hydrogen) atoms. The van der Waals surface area contributed by atoms with Gasteiger partial charge in [0.05, 0.1) is 13.7 Å². The fourth-order valence-corrected chi connectivity index (χ4v) is 3.57. The average molecular weight is 298 g/mol. The second kappa shape index (κ2) is 6.83. The lowest BCUT2D eigenvalue weighted by atomic mass is 9.96. The van der Waals surface area contributed by atoms with Crippen LogP contribution >= 0.6 is 11.3 Å². The Morgan fingerprint density at radius 3 is 2.70 bits per heavy atom. The van der Waals surface area contributed by atoms with Crippen LogP contribution in [0.2, 0.25) is 0 Å². The van der Waals surface area contributed by atoms with E-state index in [-0.39, 0.29) is 5.97 Å². The monoisotopic (exact) mass is 298 g/mol. The third-order valence-electron chi connectivity index (χ3n) is 3.50. The number of hydrogen-bond donors (Lipinski definition) is 2. The highest BCUT2D eigenvalue weighted by atomic mass is 32.1. The first kappa shape index (κ1) is 15.0. The van der Waals surface area contributed by atoms with Gasteiger partial charge in [-0.3, -0.25) is 0 Å². The van der Waals surface area contributed by atoms with E-state index in [2.05, 4.69) is 5.32 Å². The Morgan fingerprint density at radius 2 is 2.10 bits per heavy atom. The molecule has 0 spiro atoms. The number of carbonyl (C=O) groups is 1. The summed E-state index contributed by atoms with van der Waals surface area (Å²) in [6.45, 7) is 2.12. The summed E-state index contributed by atoms with van der Waals surface area (Å²) < 4.78 is 10.4. The summed E-state index contributed by atoms with van der Waals surface area (Å²) in [5.41, 5.74) is 6.37. The van der Waals surface area contributed by atoms with Gasteiger partial charge in [0.2, 0.25) is 0 Å². The lowest BCUT2D eigenvalue weighted by Crippen LogP contribution is -2.21. The van der Waals surface area contributed by atoms with Crippen LogP contribution in [0.25, 0.3) is 0 Å². The molecule has 0 atom stereocenters. The van der Waals surface area contributed by atoms with E-state index in [4.69, 9.17) is 15.2 Å². The van der Waals surface area contributed by atoms with Gasteiger partial charge < -0.3 is 20.5 Å². The van der Waals surface area contributed by atoms with Crippen molar-refractivity contribution in [1.82, 2.24) is 0 Å². The van der Waals surface area contributed by atoms with Crippen LogP contribution < -0.4 is 15.8 Å². The Balaban J connectivity index is 2.18. The third kappa shape index (κ3) is 3.17. The Hall–Kier alpha value is -1.43. The van der Waals surface area contributed by atoms with Gasteiger partial charge >= 0.3 is 5.97 Å². The van der Waals surface area contributed by atoms with Gasteiger partial charge in [0.25, 0.3) is 0 Å². The maximum atomic E-state index is 11.9. The predicted octanol–water partition coefficient (Wildman–Crippen LogP) is 3.26. The fourth-order valence-electron chi connectivity index (χ4n) is 2.51. The summed E-state index contributed by atoms with van der Waals surface area (Å²) in [5, 5.41) is 4.30. The van der Waals surface area contributed by atoms with Crippen LogP contribution in [0, 0.1) is 0 Å². The molecule has 1 aromatic heterocycles. The molecule has 1 aromatic rings. The van der Waals surface area contributed by atoms with Crippen molar-refractivity contribution >= 4 is 28.0 Å². The largest absolute Gasteiger partial charge is 0.492 e. The van der Waals surface area contributed by atoms with E-state index in [0.717, 1.165) is 17.8 Å². The molecule has 1 fully saturated rings. The number of carbonyl (C=O) groups excluding carboxylic acids is 1. The van der Waals surface area contributed by atoms with Gasteiger partial charge in [0.1, 0.15) is 15.6 Å². The molecule has 3 N–H and O–H groups in total. The van der Waals surface area contributed by atoms with Gasteiger partial charge in [-0.2, -0.15) is 0 Å². The lowest BCUT2D eigenvalue weighted by molar-refractivity contribution is 0.0533. The Kier molecular flexibility index (Phi) is 5.11. The van der Waals surface area contributed by atoms with Crippen molar-refractivity contribution in [3.05, 3.63) is 4.88 Å². The molecule has 0 amide bonds. The maximum absolute atomic E-state index is 11.9. The molecular formula is C14H22N2O3S. The summed E-state index contributed by atoms with van der Waals surface area (Å²) in [6, 6.07) is 0.436. The van der Waals surface area contributed by atoms with Gasteiger partial charge in [-0.1, -0.05) is 19.3 Å². The molecule has 1 aliphatic carbocycles. The molecule has 0 unspecified atom stereocenters. The minimum Gasteiger partial charge on any atom is -0.492 e. The fraction of sp³-hybridized carbons (Fsp3) is 0.643. The molecule has 2 rings (SSSR count). The third-order valence-corrected chi connectivity index (χ3v) is 4.60. The van der Waals surface area contributed by atoms with Crippen molar-refractivity contribution in [2.45, 2.75) is 45.1 Å². The minimum atomic E-state index is -0.384. The number of rotatable bonds is 5. The number of hydrogen-bond acceptors (Lipinski definition) is 6. The van der Waals surface area contributed by atoms with Crippen LogP contribution in [-0.4, -0.2) is 25.7 Å². The first-order chi connectivity index (χ1) is 9.67. The van der Waals surface area contributed by atoms with E-state index in [1.807, 2.05) is 0 Å². The highest BCUT2D eigenvalue weighted by molar-refractivity contribution is 7.19. The smallest absolute Gasteiger partial charge is 0.350 e. The minimum absolute atomic E-state index is 0.337. The van der Waals surface area contributed by atoms with Crippen LogP contribution in [0.4, 0.5) is 10.7 Å². The molecule has 6 heteroatoms. The summed E-state index contributed by atoms with van der Waals surface area (Å²) >= 11 is 1.32. The number of anilines is 2. The quantitative estimate of drug-likeness (QED) is 0.816. The molecule has 0 aliphatic heterocycles. The summed E-state index contributed by atoms with van der Waals surface area (Å²) in [6.07, 6.45) is 6.08. The second-order valence-corrected chi connectivity index (χ2v) is 5.93. The SMILES string of the molecule is CCOC(=O)c1sc(NC2CCCCC2)c(OC)c1N. The van der Waals surface area contributed by atoms with Gasteiger partial charge in [-0.25, -0.2) is 4.79 Å². The van der Waals surface area contributed by atoms with Crippen molar-refractivity contribution in [1.29, 1.82) is 0 Å². The molecule has 1 heterocycles. The zero-order valence-corrected chi connectivity index (χ0v) is 12.8. The number of esters is 1. The van der Waals surface area contributed by atoms with Gasteiger partial charge in [-0.15, -0.1) is 11.3 Å². The van der Waals surface area contributed by atoms with Crippen LogP contribution in [0.1, 0.15) is 48.7 Å². The molecule has 0 radical (unpaired) electrons. The number of methoxy groups -OCH3 is 1. The van der Waals surface area contributed by atoms with E-state index >= 15 is 0 Å². The first-order valence-corrected chi connectivity index (χ1v) is 7.88. The molecule has 1 aliphatic rings. The molecule has 5 nitrogen and oxygen atoms in total. The molecular weight excluding hydrogens is 276 g/mol. The average Bonchev–Trinajstić information content (AvgIpc) is 2.76. The summed E-state index contributed by atoms with van der Waals surface area (Å²) in [7, 11) is 1.57. The van der Waals surface area contributed by atoms with E-state index in [1.54, 1.807) is 14.0 Å². The first-order valence-electron chi connectivity index (χ1n) is 7.07. The van der Waals surface area contributed by atoms with Crippen molar-refractivity contribution in [2.24, 2.45) is 0 Å². The normalized spacial score (nSPS) is 15.9. The zero-order valence-electron chi connectivity index (χ0n) is 12.0. The van der Waals surface area contributed by atoms with Crippen LogP contribution in [-0.2, 0) is 4.74 Å². The van der Waals surface area contributed by atoms with Gasteiger partial charge in [0, 0.05) is 6.04 Å². The van der Waals surface area contributed by atoms with E-state index in [9.17, 15) is 4.79 Å².